The van der Waals surface area contributed by atoms with Gasteiger partial charge < -0.3 is 9.16 Å². The summed E-state index contributed by atoms with van der Waals surface area (Å²) in [6.45, 7) is 13.0. The van der Waals surface area contributed by atoms with Gasteiger partial charge in [-0.25, -0.2) is 8.42 Å². The summed E-state index contributed by atoms with van der Waals surface area (Å²) in [5.41, 5.74) is -0.777. The third kappa shape index (κ3) is 4.10. The van der Waals surface area contributed by atoms with E-state index in [2.05, 4.69) is 40.8 Å². The van der Waals surface area contributed by atoms with Gasteiger partial charge in [0.25, 0.3) is 0 Å². The lowest BCUT2D eigenvalue weighted by molar-refractivity contribution is 0.133. The first-order chi connectivity index (χ1) is 11.0. The molecule has 0 saturated carbocycles. The molecule has 24 heavy (non-hydrogen) atoms. The Hall–Kier alpha value is -0.693. The van der Waals surface area contributed by atoms with Crippen molar-refractivity contribution in [3.05, 3.63) is 30.3 Å². The molecular weight excluding hydrogens is 340 g/mol. The first-order valence-electron chi connectivity index (χ1n) is 8.63. The largest absolute Gasteiger partial charge is 0.411 e. The maximum Gasteiger partial charge on any atom is 0.207 e. The van der Waals surface area contributed by atoms with Crippen LogP contribution in [0.2, 0.25) is 18.1 Å². The smallest absolute Gasteiger partial charge is 0.207 e. The topological polar surface area (TPSA) is 55.9 Å². The molecule has 4 nitrogen and oxygen atoms in total. The molecule has 1 aromatic carbocycles. The van der Waals surface area contributed by atoms with Crippen LogP contribution in [0.3, 0.4) is 0 Å². The van der Waals surface area contributed by atoms with Gasteiger partial charge in [0.05, 0.1) is 11.0 Å². The summed E-state index contributed by atoms with van der Waals surface area (Å²) in [5.74, 6) is 0. The summed E-state index contributed by atoms with van der Waals surface area (Å²) < 4.78 is 37.5. The van der Waals surface area contributed by atoms with E-state index in [1.807, 2.05) is 6.07 Å². The van der Waals surface area contributed by atoms with Crippen molar-refractivity contribution in [2.24, 2.45) is 0 Å². The minimum absolute atomic E-state index is 0.0850. The van der Waals surface area contributed by atoms with Crippen molar-refractivity contribution >= 4 is 18.2 Å². The summed E-state index contributed by atoms with van der Waals surface area (Å²) in [4.78, 5) is 0.320. The van der Waals surface area contributed by atoms with E-state index < -0.39 is 23.6 Å². The minimum Gasteiger partial charge on any atom is -0.411 e. The van der Waals surface area contributed by atoms with Crippen molar-refractivity contribution in [3.63, 3.8) is 0 Å². The van der Waals surface area contributed by atoms with Gasteiger partial charge >= 0.3 is 0 Å². The molecule has 0 aliphatic carbocycles. The molecule has 3 atom stereocenters. The third-order valence-electron chi connectivity index (χ3n) is 5.05. The lowest BCUT2D eigenvalue weighted by Crippen LogP contribution is -2.45. The van der Waals surface area contributed by atoms with Crippen molar-refractivity contribution in [2.75, 3.05) is 0 Å². The fraction of sp³-hybridized carbons (Fsp3) is 0.667. The molecule has 0 N–H and O–H groups in total. The Morgan fingerprint density at radius 1 is 1.21 bits per heavy atom. The number of epoxide rings is 1. The van der Waals surface area contributed by atoms with Gasteiger partial charge in [0.15, 0.2) is 13.8 Å². The van der Waals surface area contributed by atoms with Gasteiger partial charge in [-0.15, -0.1) is 0 Å². The second kappa shape index (κ2) is 6.90. The Labute approximate surface area is 147 Å². The molecule has 2 rings (SSSR count). The summed E-state index contributed by atoms with van der Waals surface area (Å²) in [5, 5.41) is 0.0850. The van der Waals surface area contributed by atoms with Crippen molar-refractivity contribution in [2.45, 2.75) is 81.2 Å². The number of rotatable bonds is 7. The van der Waals surface area contributed by atoms with Crippen molar-refractivity contribution in [1.82, 2.24) is 0 Å². The maximum absolute atomic E-state index is 12.7. The first-order valence-corrected chi connectivity index (χ1v) is 13.1. The average molecular weight is 371 g/mol. The zero-order chi connectivity index (χ0) is 18.2. The Balaban J connectivity index is 2.15. The molecule has 0 amide bonds. The van der Waals surface area contributed by atoms with E-state index >= 15 is 0 Å². The molecule has 1 heterocycles. The first kappa shape index (κ1) is 19.6. The SMILES string of the molecule is CCC[C@@H](O[Si](C)(C)C(C)(C)C)[C@@H]1O[C@H]1S(=O)(=O)c1ccccc1. The molecular formula is C18H30O4SSi. The summed E-state index contributed by atoms with van der Waals surface area (Å²) in [6.07, 6.45) is 1.25. The van der Waals surface area contributed by atoms with E-state index in [-0.39, 0.29) is 17.2 Å². The Kier molecular flexibility index (Phi) is 5.64. The van der Waals surface area contributed by atoms with E-state index in [0.717, 1.165) is 12.8 Å². The Morgan fingerprint density at radius 2 is 1.79 bits per heavy atom. The zero-order valence-electron chi connectivity index (χ0n) is 15.6. The van der Waals surface area contributed by atoms with Crippen molar-refractivity contribution in [1.29, 1.82) is 0 Å². The minimum atomic E-state index is -3.46. The normalized spacial score (nSPS) is 23.1. The van der Waals surface area contributed by atoms with Crippen LogP contribution < -0.4 is 0 Å². The van der Waals surface area contributed by atoms with Crippen LogP contribution in [-0.4, -0.2) is 34.4 Å². The molecule has 0 bridgehead atoms. The van der Waals surface area contributed by atoms with E-state index in [1.165, 1.54) is 0 Å². The van der Waals surface area contributed by atoms with Gasteiger partial charge in [-0.3, -0.25) is 0 Å². The molecule has 0 aromatic heterocycles. The lowest BCUT2D eigenvalue weighted by atomic mass is 10.1. The predicted octanol–water partition coefficient (Wildman–Crippen LogP) is 4.38. The van der Waals surface area contributed by atoms with Crippen LogP contribution in [0.1, 0.15) is 40.5 Å². The molecule has 6 heteroatoms. The molecule has 0 unspecified atom stereocenters. The molecule has 0 radical (unpaired) electrons. The number of sulfone groups is 1. The standard InChI is InChI=1S/C18H30O4SSi/c1-7-11-15(22-24(5,6)18(2,3)4)16-17(21-16)23(19,20)14-12-9-8-10-13-14/h8-10,12-13,15-17H,7,11H2,1-6H3/t15-,16+,17+/m1/s1. The lowest BCUT2D eigenvalue weighted by Gasteiger charge is -2.39. The monoisotopic (exact) mass is 370 g/mol. The van der Waals surface area contributed by atoms with Crippen molar-refractivity contribution < 1.29 is 17.6 Å². The Morgan fingerprint density at radius 3 is 2.29 bits per heavy atom. The second-order valence-corrected chi connectivity index (χ2v) is 14.8. The van der Waals surface area contributed by atoms with E-state index in [1.54, 1.807) is 24.3 Å². The highest BCUT2D eigenvalue weighted by atomic mass is 32.2. The van der Waals surface area contributed by atoms with Crippen LogP contribution in [0.15, 0.2) is 35.2 Å². The van der Waals surface area contributed by atoms with Gasteiger partial charge in [0.1, 0.15) is 6.10 Å². The van der Waals surface area contributed by atoms with Crippen LogP contribution in [0.25, 0.3) is 0 Å². The average Bonchev–Trinajstić information content (AvgIpc) is 3.27. The zero-order valence-corrected chi connectivity index (χ0v) is 17.4. The molecule has 0 spiro atoms. The van der Waals surface area contributed by atoms with E-state index in [9.17, 15) is 8.42 Å². The summed E-state index contributed by atoms with van der Waals surface area (Å²) in [6, 6.07) is 8.53. The molecule has 136 valence electrons. The second-order valence-electron chi connectivity index (χ2n) is 8.03. The van der Waals surface area contributed by atoms with Crippen LogP contribution in [-0.2, 0) is 19.0 Å². The highest BCUT2D eigenvalue weighted by Crippen LogP contribution is 2.42. The predicted molar refractivity (Wildman–Crippen MR) is 99.3 cm³/mol. The van der Waals surface area contributed by atoms with Crippen LogP contribution in [0.4, 0.5) is 0 Å². The van der Waals surface area contributed by atoms with Gasteiger partial charge in [-0.1, -0.05) is 52.3 Å². The maximum atomic E-state index is 12.7. The molecule has 1 aromatic rings. The molecule has 1 fully saturated rings. The summed E-state index contributed by atoms with van der Waals surface area (Å²) >= 11 is 0. The van der Waals surface area contributed by atoms with Gasteiger partial charge in [0, 0.05) is 0 Å². The number of hydrogen-bond acceptors (Lipinski definition) is 4. The van der Waals surface area contributed by atoms with Gasteiger partial charge in [0.2, 0.25) is 9.84 Å². The van der Waals surface area contributed by atoms with Crippen LogP contribution in [0.5, 0.6) is 0 Å². The fourth-order valence-electron chi connectivity index (χ4n) is 2.50. The molecule has 1 aliphatic heterocycles. The fourth-order valence-corrected chi connectivity index (χ4v) is 5.47. The van der Waals surface area contributed by atoms with E-state index in [4.69, 9.17) is 9.16 Å². The summed E-state index contributed by atoms with van der Waals surface area (Å²) in [7, 11) is -5.43. The molecule has 1 aliphatic rings. The molecule has 1 saturated heterocycles. The Bertz CT molecular complexity index is 649. The van der Waals surface area contributed by atoms with Gasteiger partial charge in [-0.05, 0) is 36.7 Å². The highest BCUT2D eigenvalue weighted by molar-refractivity contribution is 7.92. The van der Waals surface area contributed by atoms with Crippen LogP contribution >= 0.6 is 0 Å². The van der Waals surface area contributed by atoms with E-state index in [0.29, 0.717) is 4.90 Å². The quantitative estimate of drug-likeness (QED) is 0.528. The number of hydrogen-bond donors (Lipinski definition) is 0. The van der Waals surface area contributed by atoms with Gasteiger partial charge in [-0.2, -0.15) is 0 Å². The third-order valence-corrected chi connectivity index (χ3v) is 11.5. The van der Waals surface area contributed by atoms with Crippen molar-refractivity contribution in [3.8, 4) is 0 Å². The number of ether oxygens (including phenoxy) is 1. The number of benzene rings is 1. The van der Waals surface area contributed by atoms with Crippen LogP contribution in [0, 0.1) is 0 Å². The highest BCUT2D eigenvalue weighted by Gasteiger charge is 2.55.